The molecule has 21 heavy (non-hydrogen) atoms. The topological polar surface area (TPSA) is 87.9 Å². The quantitative estimate of drug-likeness (QED) is 0.621. The van der Waals surface area contributed by atoms with E-state index in [4.69, 9.17) is 10.00 Å². The summed E-state index contributed by atoms with van der Waals surface area (Å²) in [4.78, 5) is 19.7. The molecule has 0 saturated heterocycles. The molecule has 2 heterocycles. The molecule has 0 unspecified atom stereocenters. The third kappa shape index (κ3) is 4.85. The van der Waals surface area contributed by atoms with E-state index in [1.807, 2.05) is 11.4 Å². The molecule has 0 atom stereocenters. The van der Waals surface area contributed by atoms with Gasteiger partial charge in [-0.2, -0.15) is 5.26 Å². The van der Waals surface area contributed by atoms with Gasteiger partial charge in [-0.3, -0.25) is 4.79 Å². The van der Waals surface area contributed by atoms with Crippen molar-refractivity contribution in [2.45, 2.75) is 12.8 Å². The molecule has 0 spiro atoms. The van der Waals surface area contributed by atoms with E-state index in [-0.39, 0.29) is 12.6 Å². The molecule has 0 aliphatic rings. The van der Waals surface area contributed by atoms with Crippen molar-refractivity contribution in [2.75, 3.05) is 18.5 Å². The van der Waals surface area contributed by atoms with Crippen LogP contribution in [-0.2, 0) is 16.0 Å². The van der Waals surface area contributed by atoms with E-state index in [0.29, 0.717) is 30.8 Å². The number of aromatic nitrogens is 2. The molecule has 0 saturated carbocycles. The Morgan fingerprint density at radius 2 is 2.38 bits per heavy atom. The number of anilines is 1. The van der Waals surface area contributed by atoms with Crippen LogP contribution in [0.2, 0.25) is 0 Å². The zero-order valence-electron chi connectivity index (χ0n) is 11.3. The van der Waals surface area contributed by atoms with Crippen LogP contribution >= 0.6 is 11.3 Å². The van der Waals surface area contributed by atoms with Crippen LogP contribution in [0.5, 0.6) is 0 Å². The number of ether oxygens (including phenoxy) is 1. The average Bonchev–Trinajstić information content (AvgIpc) is 3.03. The molecule has 0 aromatic carbocycles. The second kappa shape index (κ2) is 7.97. The smallest absolute Gasteiger partial charge is 0.306 e. The van der Waals surface area contributed by atoms with Crippen LogP contribution in [0.25, 0.3) is 0 Å². The van der Waals surface area contributed by atoms with E-state index >= 15 is 0 Å². The molecular formula is C14H14N4O2S. The van der Waals surface area contributed by atoms with Crippen molar-refractivity contribution in [3.63, 3.8) is 0 Å². The number of aryl methyl sites for hydroxylation is 1. The van der Waals surface area contributed by atoms with Crippen LogP contribution in [-0.4, -0.2) is 29.1 Å². The number of esters is 1. The fraction of sp³-hybridized carbons (Fsp3) is 0.286. The third-order valence-electron chi connectivity index (χ3n) is 2.65. The highest BCUT2D eigenvalue weighted by Crippen LogP contribution is 2.09. The first kappa shape index (κ1) is 14.9. The number of pyridine rings is 1. The fourth-order valence-electron chi connectivity index (χ4n) is 1.63. The van der Waals surface area contributed by atoms with Gasteiger partial charge >= 0.3 is 5.97 Å². The van der Waals surface area contributed by atoms with Crippen molar-refractivity contribution >= 4 is 23.1 Å². The lowest BCUT2D eigenvalue weighted by atomic mass is 10.2. The molecule has 2 rings (SSSR count). The Bertz CT molecular complexity index is 622. The summed E-state index contributed by atoms with van der Waals surface area (Å²) in [7, 11) is 0. The second-order valence-electron chi connectivity index (χ2n) is 4.14. The summed E-state index contributed by atoms with van der Waals surface area (Å²) in [6, 6.07) is 5.41. The molecule has 0 radical (unpaired) electrons. The van der Waals surface area contributed by atoms with Gasteiger partial charge in [0, 0.05) is 18.0 Å². The SMILES string of the molecule is N#Cc1cccnc1NCCOC(=O)CCc1cscn1. The Hall–Kier alpha value is -2.46. The summed E-state index contributed by atoms with van der Waals surface area (Å²) in [6.45, 7) is 0.644. The van der Waals surface area contributed by atoms with E-state index in [2.05, 4.69) is 15.3 Å². The molecule has 0 fully saturated rings. The lowest BCUT2D eigenvalue weighted by Crippen LogP contribution is -2.15. The Kier molecular flexibility index (Phi) is 5.67. The van der Waals surface area contributed by atoms with E-state index in [1.165, 1.54) is 11.3 Å². The normalized spacial score (nSPS) is 9.86. The molecule has 108 valence electrons. The second-order valence-corrected chi connectivity index (χ2v) is 4.86. The minimum atomic E-state index is -0.258. The van der Waals surface area contributed by atoms with Crippen molar-refractivity contribution < 1.29 is 9.53 Å². The van der Waals surface area contributed by atoms with Gasteiger partial charge in [-0.1, -0.05) is 0 Å². The van der Waals surface area contributed by atoms with Crippen LogP contribution in [0.1, 0.15) is 17.7 Å². The minimum absolute atomic E-state index is 0.233. The number of carbonyl (C=O) groups is 1. The highest BCUT2D eigenvalue weighted by Gasteiger charge is 2.05. The summed E-state index contributed by atoms with van der Waals surface area (Å²) >= 11 is 1.51. The molecule has 2 aromatic heterocycles. The monoisotopic (exact) mass is 302 g/mol. The van der Waals surface area contributed by atoms with Crippen molar-refractivity contribution in [1.29, 1.82) is 5.26 Å². The van der Waals surface area contributed by atoms with Gasteiger partial charge in [-0.15, -0.1) is 11.3 Å². The predicted octanol–water partition coefficient (Wildman–Crippen LogP) is 2.00. The molecule has 2 aromatic rings. The molecule has 1 N–H and O–H groups in total. The number of rotatable bonds is 7. The Morgan fingerprint density at radius 3 is 3.14 bits per heavy atom. The fourth-order valence-corrected chi connectivity index (χ4v) is 2.23. The largest absolute Gasteiger partial charge is 0.464 e. The molecule has 7 heteroatoms. The van der Waals surface area contributed by atoms with Crippen molar-refractivity contribution in [3.05, 3.63) is 40.5 Å². The van der Waals surface area contributed by atoms with Crippen molar-refractivity contribution in [3.8, 4) is 6.07 Å². The molecule has 0 amide bonds. The first-order chi connectivity index (χ1) is 10.3. The summed E-state index contributed by atoms with van der Waals surface area (Å²) in [5, 5.41) is 13.8. The van der Waals surface area contributed by atoms with Gasteiger partial charge in [0.2, 0.25) is 0 Å². The molecule has 0 aliphatic carbocycles. The standard InChI is InChI=1S/C14H14N4O2S/c15-8-11-2-1-5-16-14(11)17-6-7-20-13(19)4-3-12-9-21-10-18-12/h1-2,5,9-10H,3-4,6-7H2,(H,16,17). The molecule has 0 bridgehead atoms. The first-order valence-corrected chi connectivity index (χ1v) is 7.35. The van der Waals surface area contributed by atoms with Gasteiger partial charge in [-0.05, 0) is 12.1 Å². The highest BCUT2D eigenvalue weighted by molar-refractivity contribution is 7.07. The number of carbonyl (C=O) groups excluding carboxylic acids is 1. The van der Waals surface area contributed by atoms with E-state index in [0.717, 1.165) is 5.69 Å². The van der Waals surface area contributed by atoms with Crippen LogP contribution < -0.4 is 5.32 Å². The maximum atomic E-state index is 11.5. The van der Waals surface area contributed by atoms with E-state index < -0.39 is 0 Å². The Morgan fingerprint density at radius 1 is 1.48 bits per heavy atom. The van der Waals surface area contributed by atoms with Gasteiger partial charge in [-0.25, -0.2) is 9.97 Å². The molecular weight excluding hydrogens is 288 g/mol. The first-order valence-electron chi connectivity index (χ1n) is 6.41. The van der Waals surface area contributed by atoms with Gasteiger partial charge < -0.3 is 10.1 Å². The summed E-state index contributed by atoms with van der Waals surface area (Å²) in [5.41, 5.74) is 3.11. The number of thiazole rings is 1. The Labute approximate surface area is 126 Å². The van der Waals surface area contributed by atoms with Crippen molar-refractivity contribution in [1.82, 2.24) is 9.97 Å². The lowest BCUT2D eigenvalue weighted by Gasteiger charge is -2.07. The van der Waals surface area contributed by atoms with Gasteiger partial charge in [0.15, 0.2) is 0 Å². The molecule has 6 nitrogen and oxygen atoms in total. The van der Waals surface area contributed by atoms with E-state index in [9.17, 15) is 4.79 Å². The van der Waals surface area contributed by atoms with Crippen LogP contribution in [0.4, 0.5) is 5.82 Å². The average molecular weight is 302 g/mol. The highest BCUT2D eigenvalue weighted by atomic mass is 32.1. The summed E-state index contributed by atoms with van der Waals surface area (Å²) in [5.74, 6) is 0.241. The Balaban J connectivity index is 1.65. The minimum Gasteiger partial charge on any atom is -0.464 e. The lowest BCUT2D eigenvalue weighted by molar-refractivity contribution is -0.143. The third-order valence-corrected chi connectivity index (χ3v) is 3.29. The maximum absolute atomic E-state index is 11.5. The number of nitriles is 1. The van der Waals surface area contributed by atoms with Crippen LogP contribution in [0.3, 0.4) is 0 Å². The molecule has 0 aliphatic heterocycles. The number of hydrogen-bond donors (Lipinski definition) is 1. The summed E-state index contributed by atoms with van der Waals surface area (Å²) < 4.78 is 5.10. The number of hydrogen-bond acceptors (Lipinski definition) is 7. The van der Waals surface area contributed by atoms with E-state index in [1.54, 1.807) is 23.8 Å². The van der Waals surface area contributed by atoms with Gasteiger partial charge in [0.25, 0.3) is 0 Å². The maximum Gasteiger partial charge on any atom is 0.306 e. The summed E-state index contributed by atoms with van der Waals surface area (Å²) in [6.07, 6.45) is 2.51. The van der Waals surface area contributed by atoms with Gasteiger partial charge in [0.1, 0.15) is 18.5 Å². The predicted molar refractivity (Wildman–Crippen MR) is 78.8 cm³/mol. The zero-order valence-corrected chi connectivity index (χ0v) is 12.1. The van der Waals surface area contributed by atoms with Crippen LogP contribution in [0, 0.1) is 11.3 Å². The van der Waals surface area contributed by atoms with Crippen LogP contribution in [0.15, 0.2) is 29.2 Å². The zero-order chi connectivity index (χ0) is 14.9. The van der Waals surface area contributed by atoms with Crippen molar-refractivity contribution in [2.24, 2.45) is 0 Å². The number of nitrogens with one attached hydrogen (secondary N) is 1. The van der Waals surface area contributed by atoms with Gasteiger partial charge in [0.05, 0.1) is 29.7 Å². The number of nitrogens with zero attached hydrogens (tertiary/aromatic N) is 3.